The van der Waals surface area contributed by atoms with Gasteiger partial charge < -0.3 is 4.90 Å². The summed E-state index contributed by atoms with van der Waals surface area (Å²) < 4.78 is 0. The minimum Gasteiger partial charge on any atom is -0.353 e. The predicted octanol–water partition coefficient (Wildman–Crippen LogP) is 3.89. The van der Waals surface area contributed by atoms with Crippen LogP contribution in [-0.2, 0) is 0 Å². The average Bonchev–Trinajstić information content (AvgIpc) is 2.79. The highest BCUT2D eigenvalue weighted by Crippen LogP contribution is 2.36. The zero-order chi connectivity index (χ0) is 12.9. The van der Waals surface area contributed by atoms with Crippen molar-refractivity contribution in [1.82, 2.24) is 9.97 Å². The van der Waals surface area contributed by atoms with Crippen LogP contribution in [0.4, 0.5) is 5.82 Å². The molecule has 3 nitrogen and oxygen atoms in total. The number of halogens is 1. The van der Waals surface area contributed by atoms with Crippen molar-refractivity contribution in [2.75, 3.05) is 11.4 Å². The Morgan fingerprint density at radius 1 is 1.39 bits per heavy atom. The van der Waals surface area contributed by atoms with E-state index in [-0.39, 0.29) is 0 Å². The van der Waals surface area contributed by atoms with Crippen LogP contribution in [0.5, 0.6) is 0 Å². The molecule has 1 saturated heterocycles. The predicted molar refractivity (Wildman–Crippen MR) is 77.8 cm³/mol. The Kier molecular flexibility index (Phi) is 2.94. The highest BCUT2D eigenvalue weighted by molar-refractivity contribution is 7.18. The molecule has 1 aliphatic rings. The van der Waals surface area contributed by atoms with Gasteiger partial charge >= 0.3 is 0 Å². The van der Waals surface area contributed by atoms with Crippen LogP contribution in [0.1, 0.15) is 25.1 Å². The lowest BCUT2D eigenvalue weighted by Crippen LogP contribution is -2.27. The maximum atomic E-state index is 6.05. The lowest BCUT2D eigenvalue weighted by Gasteiger charge is -2.23. The molecule has 2 aromatic heterocycles. The number of nitrogens with zero attached hydrogens (tertiary/aromatic N) is 3. The molecule has 2 atom stereocenters. The molecule has 1 aliphatic heterocycles. The van der Waals surface area contributed by atoms with Crippen LogP contribution >= 0.6 is 22.9 Å². The third-order valence-electron chi connectivity index (χ3n) is 3.52. The van der Waals surface area contributed by atoms with Gasteiger partial charge in [-0.25, -0.2) is 4.98 Å². The third kappa shape index (κ3) is 1.97. The van der Waals surface area contributed by atoms with Crippen molar-refractivity contribution < 1.29 is 0 Å². The number of rotatable bonds is 1. The largest absolute Gasteiger partial charge is 0.353 e. The zero-order valence-corrected chi connectivity index (χ0v) is 12.3. The first kappa shape index (κ1) is 12.2. The smallest absolute Gasteiger partial charge is 0.225 e. The summed E-state index contributed by atoms with van der Waals surface area (Å²) in [6.07, 6.45) is 1.21. The van der Waals surface area contributed by atoms with E-state index in [1.807, 2.05) is 0 Å². The summed E-state index contributed by atoms with van der Waals surface area (Å²) in [5.74, 6) is 1.72. The SMILES string of the molecule is Cc1cc2c(N3CC(C)CC3C)nc(Cl)nc2s1. The van der Waals surface area contributed by atoms with Crippen LogP contribution in [0.3, 0.4) is 0 Å². The molecule has 3 rings (SSSR count). The molecule has 0 aromatic carbocycles. The Bertz CT molecular complexity index is 595. The molecule has 0 bridgehead atoms. The number of thiophene rings is 1. The van der Waals surface area contributed by atoms with Crippen molar-refractivity contribution in [3.8, 4) is 0 Å². The summed E-state index contributed by atoms with van der Waals surface area (Å²) in [4.78, 5) is 13.4. The Morgan fingerprint density at radius 2 is 2.17 bits per heavy atom. The van der Waals surface area contributed by atoms with E-state index in [0.29, 0.717) is 17.2 Å². The normalized spacial score (nSPS) is 24.1. The van der Waals surface area contributed by atoms with E-state index in [2.05, 4.69) is 41.7 Å². The molecule has 0 amide bonds. The molecular formula is C13H16ClN3S. The maximum absolute atomic E-state index is 6.05. The molecule has 3 heterocycles. The van der Waals surface area contributed by atoms with E-state index in [0.717, 1.165) is 22.6 Å². The van der Waals surface area contributed by atoms with E-state index in [9.17, 15) is 0 Å². The number of anilines is 1. The molecule has 2 aromatic rings. The minimum atomic E-state index is 0.353. The third-order valence-corrected chi connectivity index (χ3v) is 4.64. The van der Waals surface area contributed by atoms with E-state index >= 15 is 0 Å². The highest BCUT2D eigenvalue weighted by atomic mass is 35.5. The van der Waals surface area contributed by atoms with Gasteiger partial charge in [-0.1, -0.05) is 6.92 Å². The fourth-order valence-electron chi connectivity index (χ4n) is 2.82. The second-order valence-corrected chi connectivity index (χ2v) is 6.81. The van der Waals surface area contributed by atoms with Crippen LogP contribution in [0.25, 0.3) is 10.2 Å². The van der Waals surface area contributed by atoms with Crippen LogP contribution in [-0.4, -0.2) is 22.6 Å². The standard InChI is InChI=1S/C13H16ClN3S/c1-7-4-8(2)17(6-7)11-10-5-9(3)18-12(10)16-13(14)15-11/h5,7-8H,4,6H2,1-3H3. The quantitative estimate of drug-likeness (QED) is 0.743. The second kappa shape index (κ2) is 4.35. The van der Waals surface area contributed by atoms with E-state index in [1.54, 1.807) is 11.3 Å². The monoisotopic (exact) mass is 281 g/mol. The fourth-order valence-corrected chi connectivity index (χ4v) is 3.90. The summed E-state index contributed by atoms with van der Waals surface area (Å²) in [6, 6.07) is 2.69. The zero-order valence-electron chi connectivity index (χ0n) is 10.8. The van der Waals surface area contributed by atoms with Crippen molar-refractivity contribution in [2.24, 2.45) is 5.92 Å². The Hall–Kier alpha value is -0.870. The van der Waals surface area contributed by atoms with Crippen molar-refractivity contribution >= 4 is 39.0 Å². The lowest BCUT2D eigenvalue weighted by molar-refractivity contribution is 0.625. The molecule has 18 heavy (non-hydrogen) atoms. The molecule has 0 saturated carbocycles. The molecule has 0 aliphatic carbocycles. The topological polar surface area (TPSA) is 29.0 Å². The second-order valence-electron chi connectivity index (χ2n) is 5.23. The number of aryl methyl sites for hydroxylation is 1. The van der Waals surface area contributed by atoms with Gasteiger partial charge in [0.25, 0.3) is 0 Å². The molecule has 0 radical (unpaired) electrons. The summed E-state index contributed by atoms with van der Waals surface area (Å²) in [5, 5.41) is 1.49. The van der Waals surface area contributed by atoms with Crippen LogP contribution in [0.15, 0.2) is 6.07 Å². The molecule has 0 spiro atoms. The lowest BCUT2D eigenvalue weighted by atomic mass is 10.1. The van der Waals surface area contributed by atoms with Crippen molar-refractivity contribution in [1.29, 1.82) is 0 Å². The van der Waals surface area contributed by atoms with Crippen molar-refractivity contribution in [2.45, 2.75) is 33.2 Å². The van der Waals surface area contributed by atoms with Gasteiger partial charge in [0.2, 0.25) is 5.28 Å². The van der Waals surface area contributed by atoms with Crippen LogP contribution in [0.2, 0.25) is 5.28 Å². The average molecular weight is 282 g/mol. The van der Waals surface area contributed by atoms with Crippen molar-refractivity contribution in [3.05, 3.63) is 16.2 Å². The van der Waals surface area contributed by atoms with Gasteiger partial charge in [0.15, 0.2) is 0 Å². The molecule has 1 fully saturated rings. The number of hydrogen-bond acceptors (Lipinski definition) is 4. The van der Waals surface area contributed by atoms with Gasteiger partial charge in [0, 0.05) is 17.5 Å². The van der Waals surface area contributed by atoms with Gasteiger partial charge in [-0.15, -0.1) is 11.3 Å². The maximum Gasteiger partial charge on any atom is 0.225 e. The fraction of sp³-hybridized carbons (Fsp3) is 0.538. The van der Waals surface area contributed by atoms with Gasteiger partial charge in [-0.2, -0.15) is 4.98 Å². The number of hydrogen-bond donors (Lipinski definition) is 0. The summed E-state index contributed by atoms with van der Waals surface area (Å²) in [6.45, 7) is 7.69. The minimum absolute atomic E-state index is 0.353. The van der Waals surface area contributed by atoms with Crippen LogP contribution in [0, 0.1) is 12.8 Å². The molecule has 0 N–H and O–H groups in total. The van der Waals surface area contributed by atoms with E-state index < -0.39 is 0 Å². The first-order valence-corrected chi connectivity index (χ1v) is 7.44. The number of aromatic nitrogens is 2. The number of fused-ring (bicyclic) bond motifs is 1. The van der Waals surface area contributed by atoms with Gasteiger partial charge in [0.1, 0.15) is 10.6 Å². The van der Waals surface area contributed by atoms with E-state index in [4.69, 9.17) is 11.6 Å². The Labute approximate surface area is 116 Å². The molecule has 96 valence electrons. The molecular weight excluding hydrogens is 266 g/mol. The summed E-state index contributed by atoms with van der Waals surface area (Å²) in [7, 11) is 0. The Morgan fingerprint density at radius 3 is 2.83 bits per heavy atom. The van der Waals surface area contributed by atoms with Crippen molar-refractivity contribution in [3.63, 3.8) is 0 Å². The molecule has 2 unspecified atom stereocenters. The van der Waals surface area contributed by atoms with Gasteiger partial charge in [-0.05, 0) is 43.9 Å². The first-order chi connectivity index (χ1) is 8.54. The Balaban J connectivity index is 2.15. The summed E-state index contributed by atoms with van der Waals surface area (Å²) in [5.41, 5.74) is 0. The highest BCUT2D eigenvalue weighted by Gasteiger charge is 2.29. The van der Waals surface area contributed by atoms with E-state index in [1.165, 1.54) is 11.3 Å². The first-order valence-electron chi connectivity index (χ1n) is 6.25. The molecule has 5 heteroatoms. The summed E-state index contributed by atoms with van der Waals surface area (Å²) >= 11 is 7.73. The van der Waals surface area contributed by atoms with Gasteiger partial charge in [0.05, 0.1) is 5.39 Å². The van der Waals surface area contributed by atoms with Crippen LogP contribution < -0.4 is 4.90 Å². The van der Waals surface area contributed by atoms with Gasteiger partial charge in [-0.3, -0.25) is 0 Å².